The van der Waals surface area contributed by atoms with Crippen LogP contribution in [0.15, 0.2) is 72.8 Å². The molecule has 5 nitrogen and oxygen atoms in total. The summed E-state index contributed by atoms with van der Waals surface area (Å²) in [4.78, 5) is 24.7. The third-order valence-electron chi connectivity index (χ3n) is 3.72. The quantitative estimate of drug-likeness (QED) is 0.451. The van der Waals surface area contributed by atoms with Crippen molar-refractivity contribution in [3.8, 4) is 5.75 Å². The highest BCUT2D eigenvalue weighted by Crippen LogP contribution is 2.20. The number of carbonyl (C=O) groups excluding carboxylic acids is 2. The van der Waals surface area contributed by atoms with Gasteiger partial charge in [0, 0.05) is 20.0 Å². The van der Waals surface area contributed by atoms with Crippen LogP contribution >= 0.6 is 34.2 Å². The zero-order chi connectivity index (χ0) is 19.9. The van der Waals surface area contributed by atoms with Crippen molar-refractivity contribution in [1.29, 1.82) is 0 Å². The third-order valence-corrected chi connectivity index (χ3v) is 4.69. The number of anilines is 2. The maximum atomic E-state index is 12.6. The maximum absolute atomic E-state index is 12.6. The standard InChI is InChI=1S/C21H16ClIN2O3/c22-14-5-9-16(10-6-14)24-20(26)13-28-19-4-2-1-3-18(19)21(27)25-17-11-7-15(23)8-12-17/h1-12H,13H2,(H,24,26)(H,25,27). The average molecular weight is 507 g/mol. The Bertz CT molecular complexity index is 976. The number of nitrogens with one attached hydrogen (secondary N) is 2. The number of benzene rings is 3. The minimum atomic E-state index is -0.338. The Hall–Kier alpha value is -2.58. The molecule has 0 atom stereocenters. The van der Waals surface area contributed by atoms with Crippen LogP contribution in [0.1, 0.15) is 10.4 Å². The fourth-order valence-corrected chi connectivity index (χ4v) is 2.87. The Labute approximate surface area is 181 Å². The van der Waals surface area contributed by atoms with Crippen LogP contribution in [0.2, 0.25) is 5.02 Å². The molecule has 3 rings (SSSR count). The minimum Gasteiger partial charge on any atom is -0.483 e. The summed E-state index contributed by atoms with van der Waals surface area (Å²) in [6, 6.07) is 21.0. The lowest BCUT2D eigenvalue weighted by Gasteiger charge is -2.12. The number of halogens is 2. The van der Waals surface area contributed by atoms with Crippen LogP contribution < -0.4 is 15.4 Å². The molecular weight excluding hydrogens is 491 g/mol. The van der Waals surface area contributed by atoms with Gasteiger partial charge in [-0.3, -0.25) is 9.59 Å². The number of para-hydroxylation sites is 1. The van der Waals surface area contributed by atoms with Gasteiger partial charge in [0.15, 0.2) is 6.61 Å². The number of amides is 2. The van der Waals surface area contributed by atoms with Gasteiger partial charge in [0.2, 0.25) is 0 Å². The van der Waals surface area contributed by atoms with Gasteiger partial charge in [-0.05, 0) is 83.3 Å². The van der Waals surface area contributed by atoms with E-state index in [4.69, 9.17) is 16.3 Å². The molecule has 0 saturated carbocycles. The van der Waals surface area contributed by atoms with Gasteiger partial charge in [-0.1, -0.05) is 23.7 Å². The Kier molecular flexibility index (Phi) is 6.89. The van der Waals surface area contributed by atoms with Crippen molar-refractivity contribution in [2.75, 3.05) is 17.2 Å². The van der Waals surface area contributed by atoms with Gasteiger partial charge in [0.05, 0.1) is 5.56 Å². The molecule has 2 amide bonds. The first-order valence-electron chi connectivity index (χ1n) is 8.35. The highest BCUT2D eigenvalue weighted by Gasteiger charge is 2.14. The molecule has 0 aliphatic rings. The molecular formula is C21H16ClIN2O3. The summed E-state index contributed by atoms with van der Waals surface area (Å²) in [6.07, 6.45) is 0. The molecule has 0 bridgehead atoms. The van der Waals surface area contributed by atoms with Crippen molar-refractivity contribution in [3.05, 3.63) is 87.0 Å². The zero-order valence-corrected chi connectivity index (χ0v) is 17.5. The largest absolute Gasteiger partial charge is 0.483 e. The molecule has 0 aliphatic carbocycles. The van der Waals surface area contributed by atoms with Crippen LogP contribution in [-0.2, 0) is 4.79 Å². The first-order valence-corrected chi connectivity index (χ1v) is 9.81. The second-order valence-corrected chi connectivity index (χ2v) is 7.48. The molecule has 142 valence electrons. The lowest BCUT2D eigenvalue weighted by atomic mass is 10.2. The third kappa shape index (κ3) is 5.71. The molecule has 0 spiro atoms. The highest BCUT2D eigenvalue weighted by atomic mass is 127. The van der Waals surface area contributed by atoms with Gasteiger partial charge in [0.25, 0.3) is 11.8 Å². The predicted molar refractivity (Wildman–Crippen MR) is 119 cm³/mol. The van der Waals surface area contributed by atoms with E-state index in [1.165, 1.54) is 0 Å². The first-order chi connectivity index (χ1) is 13.5. The van der Waals surface area contributed by atoms with E-state index in [1.807, 2.05) is 24.3 Å². The molecule has 0 heterocycles. The van der Waals surface area contributed by atoms with Gasteiger partial charge in [0.1, 0.15) is 5.75 Å². The van der Waals surface area contributed by atoms with E-state index in [1.54, 1.807) is 48.5 Å². The van der Waals surface area contributed by atoms with Gasteiger partial charge < -0.3 is 15.4 Å². The zero-order valence-electron chi connectivity index (χ0n) is 14.6. The molecule has 0 unspecified atom stereocenters. The number of hydrogen-bond acceptors (Lipinski definition) is 3. The van der Waals surface area contributed by atoms with E-state index in [0.717, 1.165) is 3.57 Å². The van der Waals surface area contributed by atoms with Crippen LogP contribution in [-0.4, -0.2) is 18.4 Å². The number of carbonyl (C=O) groups is 2. The highest BCUT2D eigenvalue weighted by molar-refractivity contribution is 14.1. The summed E-state index contributed by atoms with van der Waals surface area (Å²) in [7, 11) is 0. The van der Waals surface area contributed by atoms with Crippen LogP contribution in [0.25, 0.3) is 0 Å². The molecule has 28 heavy (non-hydrogen) atoms. The van der Waals surface area contributed by atoms with Crippen LogP contribution in [0, 0.1) is 3.57 Å². The Morgan fingerprint density at radius 2 is 1.46 bits per heavy atom. The fourth-order valence-electron chi connectivity index (χ4n) is 2.39. The summed E-state index contributed by atoms with van der Waals surface area (Å²) in [5.41, 5.74) is 1.64. The molecule has 0 aromatic heterocycles. The van der Waals surface area contributed by atoms with Crippen molar-refractivity contribution in [2.45, 2.75) is 0 Å². The fraction of sp³-hybridized carbons (Fsp3) is 0.0476. The van der Waals surface area contributed by atoms with Crippen molar-refractivity contribution in [3.63, 3.8) is 0 Å². The molecule has 3 aromatic rings. The second kappa shape index (κ2) is 9.57. The lowest BCUT2D eigenvalue weighted by Crippen LogP contribution is -2.21. The van der Waals surface area contributed by atoms with E-state index in [0.29, 0.717) is 27.7 Å². The van der Waals surface area contributed by atoms with E-state index in [-0.39, 0.29) is 18.4 Å². The minimum absolute atomic E-state index is 0.226. The van der Waals surface area contributed by atoms with Gasteiger partial charge in [-0.25, -0.2) is 0 Å². The molecule has 0 radical (unpaired) electrons. The first kappa shape index (κ1) is 20.2. The Morgan fingerprint density at radius 1 is 0.857 bits per heavy atom. The monoisotopic (exact) mass is 506 g/mol. The number of ether oxygens (including phenoxy) is 1. The van der Waals surface area contributed by atoms with Crippen molar-refractivity contribution < 1.29 is 14.3 Å². The maximum Gasteiger partial charge on any atom is 0.262 e. The Morgan fingerprint density at radius 3 is 2.18 bits per heavy atom. The van der Waals surface area contributed by atoms with Crippen LogP contribution in [0.3, 0.4) is 0 Å². The molecule has 3 aromatic carbocycles. The normalized spacial score (nSPS) is 10.2. The predicted octanol–water partition coefficient (Wildman–Crippen LogP) is 5.21. The lowest BCUT2D eigenvalue weighted by molar-refractivity contribution is -0.118. The summed E-state index contributed by atoms with van der Waals surface area (Å²) >= 11 is 8.02. The summed E-state index contributed by atoms with van der Waals surface area (Å²) < 4.78 is 6.65. The Balaban J connectivity index is 1.63. The van der Waals surface area contributed by atoms with Gasteiger partial charge in [-0.2, -0.15) is 0 Å². The smallest absolute Gasteiger partial charge is 0.262 e. The molecule has 0 fully saturated rings. The molecule has 0 saturated heterocycles. The average Bonchev–Trinajstić information content (AvgIpc) is 2.70. The van der Waals surface area contributed by atoms with E-state index in [9.17, 15) is 9.59 Å². The van der Waals surface area contributed by atoms with Crippen molar-refractivity contribution >= 4 is 57.4 Å². The van der Waals surface area contributed by atoms with Gasteiger partial charge >= 0.3 is 0 Å². The topological polar surface area (TPSA) is 67.4 Å². The van der Waals surface area contributed by atoms with Crippen LogP contribution in [0.5, 0.6) is 5.75 Å². The summed E-state index contributed by atoms with van der Waals surface area (Å²) in [5.74, 6) is -0.318. The summed E-state index contributed by atoms with van der Waals surface area (Å²) in [6.45, 7) is -0.226. The number of rotatable bonds is 6. The molecule has 0 aliphatic heterocycles. The van der Waals surface area contributed by atoms with Crippen molar-refractivity contribution in [1.82, 2.24) is 0 Å². The van der Waals surface area contributed by atoms with E-state index in [2.05, 4.69) is 33.2 Å². The number of hydrogen-bond donors (Lipinski definition) is 2. The summed E-state index contributed by atoms with van der Waals surface area (Å²) in [5, 5.41) is 6.12. The van der Waals surface area contributed by atoms with E-state index < -0.39 is 0 Å². The van der Waals surface area contributed by atoms with Gasteiger partial charge in [-0.15, -0.1) is 0 Å². The van der Waals surface area contributed by atoms with E-state index >= 15 is 0 Å². The van der Waals surface area contributed by atoms with Crippen LogP contribution in [0.4, 0.5) is 11.4 Å². The second-order valence-electron chi connectivity index (χ2n) is 5.80. The van der Waals surface area contributed by atoms with Crippen molar-refractivity contribution in [2.24, 2.45) is 0 Å². The molecule has 2 N–H and O–H groups in total. The SMILES string of the molecule is O=C(COc1ccccc1C(=O)Nc1ccc(I)cc1)Nc1ccc(Cl)cc1. The molecule has 7 heteroatoms.